The van der Waals surface area contributed by atoms with Gasteiger partial charge >= 0.3 is 0 Å². The summed E-state index contributed by atoms with van der Waals surface area (Å²) >= 11 is 4.37. The first-order valence-electron chi connectivity index (χ1n) is 8.64. The average Bonchev–Trinajstić information content (AvgIpc) is 2.72. The molecule has 0 bridgehead atoms. The minimum atomic E-state index is -0.218. The highest BCUT2D eigenvalue weighted by Crippen LogP contribution is 2.35. The third kappa shape index (κ3) is 4.18. The second-order valence-electron chi connectivity index (χ2n) is 6.12. The Morgan fingerprint density at radius 3 is 2.54 bits per heavy atom. The van der Waals surface area contributed by atoms with Gasteiger partial charge < -0.3 is 15.2 Å². The van der Waals surface area contributed by atoms with Gasteiger partial charge in [0, 0.05) is 5.56 Å². The van der Waals surface area contributed by atoms with Gasteiger partial charge in [-0.15, -0.1) is 0 Å². The zero-order chi connectivity index (χ0) is 20.1. The summed E-state index contributed by atoms with van der Waals surface area (Å²) in [6.45, 7) is 2.26. The molecule has 0 aliphatic rings. The molecular weight excluding hydrogens is 372 g/mol. The lowest BCUT2D eigenvalue weighted by Gasteiger charge is -2.14. The Bertz CT molecular complexity index is 1020. The first-order valence-corrected chi connectivity index (χ1v) is 9.15. The second-order valence-corrected chi connectivity index (χ2v) is 6.89. The van der Waals surface area contributed by atoms with E-state index in [4.69, 9.17) is 15.2 Å². The lowest BCUT2D eigenvalue weighted by molar-refractivity contribution is 0.284. The van der Waals surface area contributed by atoms with Gasteiger partial charge in [0.05, 0.1) is 18.1 Å². The van der Waals surface area contributed by atoms with Gasteiger partial charge in [-0.1, -0.05) is 30.3 Å². The van der Waals surface area contributed by atoms with E-state index >= 15 is 0 Å². The van der Waals surface area contributed by atoms with Crippen molar-refractivity contribution in [3.63, 3.8) is 0 Å². The monoisotopic (exact) mass is 392 g/mol. The number of thiol groups is 1. The maximum Gasteiger partial charge on any atom is 0.161 e. The molecule has 0 aliphatic heterocycles. The fraction of sp³-hybridized carbons (Fsp3) is 0.190. The average molecular weight is 392 g/mol. The van der Waals surface area contributed by atoms with E-state index in [0.717, 1.165) is 5.56 Å². The second kappa shape index (κ2) is 8.63. The van der Waals surface area contributed by atoms with E-state index < -0.39 is 0 Å². The molecule has 6 nitrogen and oxygen atoms in total. The number of ether oxygens (including phenoxy) is 2. The number of aromatic nitrogens is 2. The zero-order valence-electron chi connectivity index (χ0n) is 15.6. The van der Waals surface area contributed by atoms with Crippen molar-refractivity contribution in [2.45, 2.75) is 18.8 Å². The number of hydrogen-bond donors (Lipinski definition) is 2. The first-order chi connectivity index (χ1) is 13.5. The van der Waals surface area contributed by atoms with Crippen molar-refractivity contribution < 1.29 is 9.47 Å². The highest BCUT2D eigenvalue weighted by molar-refractivity contribution is 7.80. The topological polar surface area (TPSA) is 94.0 Å². The van der Waals surface area contributed by atoms with Crippen molar-refractivity contribution in [3.8, 4) is 28.8 Å². The minimum absolute atomic E-state index is 0.131. The molecule has 0 radical (unpaired) electrons. The maximum atomic E-state index is 9.50. The largest absolute Gasteiger partial charge is 0.493 e. The van der Waals surface area contributed by atoms with Crippen LogP contribution in [0.4, 0.5) is 5.82 Å². The number of anilines is 1. The smallest absolute Gasteiger partial charge is 0.161 e. The van der Waals surface area contributed by atoms with Crippen molar-refractivity contribution in [1.82, 2.24) is 9.97 Å². The molecule has 1 aromatic heterocycles. The van der Waals surface area contributed by atoms with Crippen LogP contribution in [0.15, 0.2) is 48.5 Å². The Labute approximate surface area is 169 Å². The van der Waals surface area contributed by atoms with Crippen LogP contribution in [-0.4, -0.2) is 17.1 Å². The van der Waals surface area contributed by atoms with Crippen molar-refractivity contribution in [3.05, 3.63) is 65.5 Å². The Morgan fingerprint density at radius 1 is 1.14 bits per heavy atom. The molecule has 2 aromatic carbocycles. The lowest BCUT2D eigenvalue weighted by atomic mass is 10.1. The third-order valence-electron chi connectivity index (χ3n) is 4.11. The summed E-state index contributed by atoms with van der Waals surface area (Å²) in [7, 11) is 1.56. The fourth-order valence-electron chi connectivity index (χ4n) is 2.67. The van der Waals surface area contributed by atoms with E-state index in [1.165, 1.54) is 0 Å². The van der Waals surface area contributed by atoms with Crippen LogP contribution in [0, 0.1) is 11.3 Å². The van der Waals surface area contributed by atoms with Gasteiger partial charge in [0.25, 0.3) is 0 Å². The van der Waals surface area contributed by atoms with Crippen LogP contribution in [-0.2, 0) is 6.61 Å². The summed E-state index contributed by atoms with van der Waals surface area (Å²) in [5.74, 6) is 1.72. The van der Waals surface area contributed by atoms with Crippen LogP contribution in [0.2, 0.25) is 0 Å². The zero-order valence-corrected chi connectivity index (χ0v) is 16.5. The molecule has 2 N–H and O–H groups in total. The van der Waals surface area contributed by atoms with Gasteiger partial charge in [0.15, 0.2) is 11.5 Å². The minimum Gasteiger partial charge on any atom is -0.493 e. The summed E-state index contributed by atoms with van der Waals surface area (Å²) in [4.78, 5) is 8.65. The van der Waals surface area contributed by atoms with E-state index in [2.05, 4.69) is 28.7 Å². The van der Waals surface area contributed by atoms with Crippen molar-refractivity contribution in [2.75, 3.05) is 12.8 Å². The van der Waals surface area contributed by atoms with Gasteiger partial charge in [-0.05, 0) is 30.7 Å². The van der Waals surface area contributed by atoms with Crippen molar-refractivity contribution >= 4 is 18.4 Å². The Morgan fingerprint density at radius 2 is 1.89 bits per heavy atom. The Balaban J connectivity index is 1.97. The van der Waals surface area contributed by atoms with Crippen molar-refractivity contribution in [1.29, 1.82) is 5.26 Å². The number of nitrogen functional groups attached to an aromatic ring is 1. The number of nitrogens with two attached hydrogens (primary N) is 1. The molecule has 1 heterocycles. The van der Waals surface area contributed by atoms with E-state index in [0.29, 0.717) is 35.2 Å². The van der Waals surface area contributed by atoms with Crippen LogP contribution >= 0.6 is 12.6 Å². The quantitative estimate of drug-likeness (QED) is 0.611. The van der Waals surface area contributed by atoms with E-state index in [1.807, 2.05) is 43.3 Å². The highest BCUT2D eigenvalue weighted by atomic mass is 32.1. The molecule has 0 aliphatic carbocycles. The molecule has 1 unspecified atom stereocenters. The number of benzene rings is 2. The van der Waals surface area contributed by atoms with E-state index in [-0.39, 0.29) is 16.6 Å². The summed E-state index contributed by atoms with van der Waals surface area (Å²) in [6, 6.07) is 17.3. The lowest BCUT2D eigenvalue weighted by Crippen LogP contribution is -2.06. The highest BCUT2D eigenvalue weighted by Gasteiger charge is 2.18. The molecule has 3 aromatic rings. The number of nitrogens with zero attached hydrogens (tertiary/aromatic N) is 3. The van der Waals surface area contributed by atoms with E-state index in [1.54, 1.807) is 19.2 Å². The Kier molecular flexibility index (Phi) is 6.02. The number of rotatable bonds is 6. The summed E-state index contributed by atoms with van der Waals surface area (Å²) < 4.78 is 11.4. The van der Waals surface area contributed by atoms with Gasteiger partial charge in [0.2, 0.25) is 0 Å². The first kappa shape index (κ1) is 19.5. The molecule has 0 amide bonds. The predicted molar refractivity (Wildman–Crippen MR) is 111 cm³/mol. The van der Waals surface area contributed by atoms with Crippen molar-refractivity contribution in [2.24, 2.45) is 0 Å². The summed E-state index contributed by atoms with van der Waals surface area (Å²) in [5, 5.41) is 9.28. The molecule has 0 fully saturated rings. The standard InChI is InChI=1S/C21H20N4O2S/c1-13(28)21-24-19(16(11-22)20(23)25-21)15-8-9-17(18(10-15)26-2)27-12-14-6-4-3-5-7-14/h3-10,13,28H,12H2,1-2H3,(H2,23,24,25). The molecular formula is C21H20N4O2S. The summed E-state index contributed by atoms with van der Waals surface area (Å²) in [6.07, 6.45) is 0. The van der Waals surface area contributed by atoms with Crippen LogP contribution in [0.5, 0.6) is 11.5 Å². The molecule has 0 saturated heterocycles. The van der Waals surface area contributed by atoms with Gasteiger partial charge in [-0.25, -0.2) is 9.97 Å². The SMILES string of the molecule is COc1cc(-c2nc(C(C)S)nc(N)c2C#N)ccc1OCc1ccccc1. The third-order valence-corrected chi connectivity index (χ3v) is 4.34. The normalized spacial score (nSPS) is 11.5. The Hall–Kier alpha value is -3.24. The van der Waals surface area contributed by atoms with Crippen LogP contribution in [0.1, 0.15) is 29.1 Å². The number of nitriles is 1. The molecule has 7 heteroatoms. The fourth-order valence-corrected chi connectivity index (χ4v) is 2.79. The van der Waals surface area contributed by atoms with Gasteiger partial charge in [-0.3, -0.25) is 0 Å². The molecule has 3 rings (SSSR count). The number of methoxy groups -OCH3 is 1. The van der Waals surface area contributed by atoms with Gasteiger partial charge in [0.1, 0.15) is 29.9 Å². The van der Waals surface area contributed by atoms with Crippen LogP contribution in [0.25, 0.3) is 11.3 Å². The molecule has 0 spiro atoms. The molecule has 142 valence electrons. The van der Waals surface area contributed by atoms with Gasteiger partial charge in [-0.2, -0.15) is 17.9 Å². The number of hydrogen-bond acceptors (Lipinski definition) is 7. The molecule has 1 atom stereocenters. The maximum absolute atomic E-state index is 9.50. The predicted octanol–water partition coefficient (Wildman–Crippen LogP) is 4.18. The molecule has 0 saturated carbocycles. The van der Waals surface area contributed by atoms with Crippen LogP contribution in [0.3, 0.4) is 0 Å². The summed E-state index contributed by atoms with van der Waals surface area (Å²) in [5.41, 5.74) is 8.36. The van der Waals surface area contributed by atoms with E-state index in [9.17, 15) is 5.26 Å². The van der Waals surface area contributed by atoms with Crippen LogP contribution < -0.4 is 15.2 Å². The molecule has 28 heavy (non-hydrogen) atoms.